The first-order valence-electron chi connectivity index (χ1n) is 7.69. The van der Waals surface area contributed by atoms with E-state index in [1.54, 1.807) is 0 Å². The molecule has 110 valence electrons. The minimum absolute atomic E-state index is 0.250. The summed E-state index contributed by atoms with van der Waals surface area (Å²) in [5.41, 5.74) is 5.80. The SMILES string of the molecule is CCCOc1nc(N)nc(N2CCC3CCCCC32)n1. The zero-order chi connectivity index (χ0) is 13.9. The van der Waals surface area contributed by atoms with Gasteiger partial charge in [-0.1, -0.05) is 19.8 Å². The molecular formula is C14H23N5O. The molecule has 0 spiro atoms. The summed E-state index contributed by atoms with van der Waals surface area (Å²) in [6.45, 7) is 3.68. The van der Waals surface area contributed by atoms with Crippen molar-refractivity contribution in [3.05, 3.63) is 0 Å². The lowest BCUT2D eigenvalue weighted by Crippen LogP contribution is -2.36. The van der Waals surface area contributed by atoms with Crippen LogP contribution in [0.1, 0.15) is 45.4 Å². The van der Waals surface area contributed by atoms with E-state index in [-0.39, 0.29) is 5.95 Å². The average Bonchev–Trinajstić information content (AvgIpc) is 2.88. The molecule has 2 unspecified atom stereocenters. The van der Waals surface area contributed by atoms with Crippen LogP contribution in [0.25, 0.3) is 0 Å². The van der Waals surface area contributed by atoms with Crippen LogP contribution >= 0.6 is 0 Å². The Bertz CT molecular complexity index is 467. The predicted molar refractivity (Wildman–Crippen MR) is 77.7 cm³/mol. The van der Waals surface area contributed by atoms with E-state index in [9.17, 15) is 0 Å². The van der Waals surface area contributed by atoms with Crippen LogP contribution in [0, 0.1) is 5.92 Å². The second kappa shape index (κ2) is 5.81. The molecule has 0 radical (unpaired) electrons. The molecule has 6 heteroatoms. The van der Waals surface area contributed by atoms with Gasteiger partial charge in [0.25, 0.3) is 0 Å². The molecule has 3 rings (SSSR count). The quantitative estimate of drug-likeness (QED) is 0.907. The van der Waals surface area contributed by atoms with E-state index in [1.165, 1.54) is 32.1 Å². The molecule has 6 nitrogen and oxygen atoms in total. The highest BCUT2D eigenvalue weighted by Gasteiger charge is 2.37. The molecule has 2 fully saturated rings. The number of nitrogens with two attached hydrogens (primary N) is 1. The zero-order valence-electron chi connectivity index (χ0n) is 12.1. The van der Waals surface area contributed by atoms with Gasteiger partial charge in [-0.3, -0.25) is 0 Å². The van der Waals surface area contributed by atoms with Crippen LogP contribution in [0.2, 0.25) is 0 Å². The van der Waals surface area contributed by atoms with Gasteiger partial charge in [0.15, 0.2) is 0 Å². The van der Waals surface area contributed by atoms with Gasteiger partial charge < -0.3 is 15.4 Å². The van der Waals surface area contributed by atoms with E-state index >= 15 is 0 Å². The van der Waals surface area contributed by atoms with Crippen molar-refractivity contribution in [2.75, 3.05) is 23.8 Å². The van der Waals surface area contributed by atoms with Crippen LogP contribution in [0.5, 0.6) is 6.01 Å². The molecule has 2 aliphatic rings. The van der Waals surface area contributed by atoms with Crippen LogP contribution in [-0.4, -0.2) is 34.1 Å². The molecule has 1 aliphatic heterocycles. The molecule has 2 atom stereocenters. The fraction of sp³-hybridized carbons (Fsp3) is 0.786. The maximum absolute atomic E-state index is 5.80. The summed E-state index contributed by atoms with van der Waals surface area (Å²) in [5, 5.41) is 0. The Morgan fingerprint density at radius 3 is 2.90 bits per heavy atom. The van der Waals surface area contributed by atoms with Gasteiger partial charge in [0.2, 0.25) is 11.9 Å². The third-order valence-electron chi connectivity index (χ3n) is 4.32. The summed E-state index contributed by atoms with van der Waals surface area (Å²) in [4.78, 5) is 15.1. The number of nitrogen functional groups attached to an aromatic ring is 1. The Kier molecular flexibility index (Phi) is 3.89. The van der Waals surface area contributed by atoms with Gasteiger partial charge >= 0.3 is 6.01 Å². The maximum atomic E-state index is 5.80. The summed E-state index contributed by atoms with van der Waals surface area (Å²) >= 11 is 0. The van der Waals surface area contributed by atoms with Crippen molar-refractivity contribution in [3.63, 3.8) is 0 Å². The van der Waals surface area contributed by atoms with Crippen molar-refractivity contribution in [1.82, 2.24) is 15.0 Å². The largest absolute Gasteiger partial charge is 0.463 e. The van der Waals surface area contributed by atoms with Gasteiger partial charge in [0, 0.05) is 12.6 Å². The molecule has 1 saturated heterocycles. The molecule has 0 amide bonds. The fourth-order valence-electron chi connectivity index (χ4n) is 3.40. The van der Waals surface area contributed by atoms with E-state index in [1.807, 2.05) is 0 Å². The first kappa shape index (κ1) is 13.4. The van der Waals surface area contributed by atoms with Crippen molar-refractivity contribution in [2.45, 2.75) is 51.5 Å². The van der Waals surface area contributed by atoms with Crippen molar-refractivity contribution in [2.24, 2.45) is 5.92 Å². The Balaban J connectivity index is 1.80. The molecule has 20 heavy (non-hydrogen) atoms. The third kappa shape index (κ3) is 2.64. The van der Waals surface area contributed by atoms with Gasteiger partial charge in [-0.15, -0.1) is 0 Å². The Morgan fingerprint density at radius 1 is 1.20 bits per heavy atom. The number of hydrogen-bond acceptors (Lipinski definition) is 6. The highest BCUT2D eigenvalue weighted by atomic mass is 16.5. The smallest absolute Gasteiger partial charge is 0.323 e. The first-order chi connectivity index (χ1) is 9.78. The van der Waals surface area contributed by atoms with Crippen LogP contribution in [0.4, 0.5) is 11.9 Å². The highest BCUT2D eigenvalue weighted by Crippen LogP contribution is 2.37. The van der Waals surface area contributed by atoms with Gasteiger partial charge in [0.1, 0.15) is 0 Å². The second-order valence-electron chi connectivity index (χ2n) is 5.72. The van der Waals surface area contributed by atoms with Gasteiger partial charge in [-0.05, 0) is 31.6 Å². The topological polar surface area (TPSA) is 77.2 Å². The van der Waals surface area contributed by atoms with Crippen molar-refractivity contribution in [1.29, 1.82) is 0 Å². The average molecular weight is 277 g/mol. The molecule has 1 aliphatic carbocycles. The summed E-state index contributed by atoms with van der Waals surface area (Å²) in [6.07, 6.45) is 7.40. The van der Waals surface area contributed by atoms with Crippen LogP contribution < -0.4 is 15.4 Å². The molecule has 0 bridgehead atoms. The Morgan fingerprint density at radius 2 is 2.05 bits per heavy atom. The zero-order valence-corrected chi connectivity index (χ0v) is 12.1. The molecule has 1 aromatic heterocycles. The predicted octanol–water partition coefficient (Wildman–Crippen LogP) is 2.01. The van der Waals surface area contributed by atoms with Gasteiger partial charge in [0.05, 0.1) is 6.61 Å². The van der Waals surface area contributed by atoms with Crippen molar-refractivity contribution >= 4 is 11.9 Å². The molecule has 1 aromatic rings. The molecule has 2 heterocycles. The number of aromatic nitrogens is 3. The lowest BCUT2D eigenvalue weighted by molar-refractivity contribution is 0.291. The number of rotatable bonds is 4. The normalized spacial score (nSPS) is 25.6. The van der Waals surface area contributed by atoms with Crippen molar-refractivity contribution < 1.29 is 4.74 Å². The van der Waals surface area contributed by atoms with Gasteiger partial charge in [-0.2, -0.15) is 15.0 Å². The first-order valence-corrected chi connectivity index (χ1v) is 7.69. The van der Waals surface area contributed by atoms with Gasteiger partial charge in [-0.25, -0.2) is 0 Å². The van der Waals surface area contributed by atoms with Crippen molar-refractivity contribution in [3.8, 4) is 6.01 Å². The maximum Gasteiger partial charge on any atom is 0.323 e. The Labute approximate surface area is 119 Å². The number of fused-ring (bicyclic) bond motifs is 1. The van der Waals surface area contributed by atoms with E-state index in [0.29, 0.717) is 24.6 Å². The van der Waals surface area contributed by atoms with E-state index in [0.717, 1.165) is 18.9 Å². The summed E-state index contributed by atoms with van der Waals surface area (Å²) < 4.78 is 5.50. The summed E-state index contributed by atoms with van der Waals surface area (Å²) in [7, 11) is 0. The lowest BCUT2D eigenvalue weighted by atomic mass is 9.85. The van der Waals surface area contributed by atoms with E-state index < -0.39 is 0 Å². The van der Waals surface area contributed by atoms with Crippen LogP contribution in [0.15, 0.2) is 0 Å². The number of anilines is 2. The van der Waals surface area contributed by atoms with Crippen LogP contribution in [-0.2, 0) is 0 Å². The third-order valence-corrected chi connectivity index (χ3v) is 4.32. The van der Waals surface area contributed by atoms with Crippen LogP contribution in [0.3, 0.4) is 0 Å². The van der Waals surface area contributed by atoms with E-state index in [2.05, 4.69) is 26.8 Å². The molecule has 2 N–H and O–H groups in total. The Hall–Kier alpha value is -1.59. The summed E-state index contributed by atoms with van der Waals surface area (Å²) in [5.74, 6) is 1.74. The number of hydrogen-bond donors (Lipinski definition) is 1. The molecule has 1 saturated carbocycles. The number of ether oxygens (including phenoxy) is 1. The highest BCUT2D eigenvalue weighted by molar-refractivity contribution is 5.39. The van der Waals surface area contributed by atoms with E-state index in [4.69, 9.17) is 10.5 Å². The fourth-order valence-corrected chi connectivity index (χ4v) is 3.40. The lowest BCUT2D eigenvalue weighted by Gasteiger charge is -2.31. The minimum atomic E-state index is 0.250. The summed E-state index contributed by atoms with van der Waals surface area (Å²) in [6, 6.07) is 0.929. The monoisotopic (exact) mass is 277 g/mol. The minimum Gasteiger partial charge on any atom is -0.463 e. The molecular weight excluding hydrogens is 254 g/mol. The standard InChI is InChI=1S/C14H23N5O/c1-2-9-20-14-17-12(15)16-13(18-14)19-8-7-10-5-3-4-6-11(10)19/h10-11H,2-9H2,1H3,(H2,15,16,17,18). The number of nitrogens with zero attached hydrogens (tertiary/aromatic N) is 4. The second-order valence-corrected chi connectivity index (χ2v) is 5.72. The molecule has 0 aromatic carbocycles.